The summed E-state index contributed by atoms with van der Waals surface area (Å²) in [4.78, 5) is 17.4. The second-order valence-electron chi connectivity index (χ2n) is 3.56. The molecule has 5 nitrogen and oxygen atoms in total. The van der Waals surface area contributed by atoms with Gasteiger partial charge in [-0.25, -0.2) is 9.78 Å². The predicted molar refractivity (Wildman–Crippen MR) is 68.4 cm³/mol. The largest absolute Gasteiger partial charge is 0.395 e. The number of nitrogens with zero attached hydrogens (tertiary/aromatic N) is 2. The molecular formula is C11H13N3O2S. The molecular weight excluding hydrogens is 238 g/mol. The zero-order valence-corrected chi connectivity index (χ0v) is 10.2. The second kappa shape index (κ2) is 5.11. The van der Waals surface area contributed by atoms with Crippen LogP contribution in [0.2, 0.25) is 0 Å². The molecule has 1 heterocycles. The van der Waals surface area contributed by atoms with Crippen LogP contribution in [0.3, 0.4) is 0 Å². The fourth-order valence-corrected chi connectivity index (χ4v) is 2.22. The number of benzene rings is 1. The summed E-state index contributed by atoms with van der Waals surface area (Å²) in [5.74, 6) is 0. The molecule has 0 aliphatic heterocycles. The lowest BCUT2D eigenvalue weighted by molar-refractivity contribution is 0.202. The Hall–Kier alpha value is -1.66. The number of amides is 2. The van der Waals surface area contributed by atoms with Gasteiger partial charge in [0, 0.05) is 13.6 Å². The summed E-state index contributed by atoms with van der Waals surface area (Å²) < 4.78 is 1.03. The molecule has 17 heavy (non-hydrogen) atoms. The molecule has 6 heteroatoms. The lowest BCUT2D eigenvalue weighted by atomic mass is 10.3. The van der Waals surface area contributed by atoms with Crippen LogP contribution in [0, 0.1) is 0 Å². The van der Waals surface area contributed by atoms with Gasteiger partial charge in [0.1, 0.15) is 0 Å². The highest BCUT2D eigenvalue weighted by molar-refractivity contribution is 7.22. The number of hydrogen-bond donors (Lipinski definition) is 2. The SMILES string of the molecule is CN(CCO)C(=O)Nc1nc2ccccc2s1. The molecule has 1 aromatic carbocycles. The number of hydrogen-bond acceptors (Lipinski definition) is 4. The molecule has 0 aliphatic rings. The van der Waals surface area contributed by atoms with Gasteiger partial charge in [-0.2, -0.15) is 0 Å². The van der Waals surface area contributed by atoms with Gasteiger partial charge in [0.05, 0.1) is 16.8 Å². The summed E-state index contributed by atoms with van der Waals surface area (Å²) in [5.41, 5.74) is 0.873. The zero-order chi connectivity index (χ0) is 12.3. The van der Waals surface area contributed by atoms with E-state index in [1.165, 1.54) is 16.2 Å². The van der Waals surface area contributed by atoms with Gasteiger partial charge in [-0.15, -0.1) is 0 Å². The van der Waals surface area contributed by atoms with E-state index in [4.69, 9.17) is 5.11 Å². The molecule has 90 valence electrons. The first-order chi connectivity index (χ1) is 8.20. The number of fused-ring (bicyclic) bond motifs is 1. The third kappa shape index (κ3) is 2.72. The molecule has 0 spiro atoms. The van der Waals surface area contributed by atoms with Crippen LogP contribution in [0.1, 0.15) is 0 Å². The maximum atomic E-state index is 11.6. The predicted octanol–water partition coefficient (Wildman–Crippen LogP) is 1.75. The highest BCUT2D eigenvalue weighted by Crippen LogP contribution is 2.25. The van der Waals surface area contributed by atoms with Crippen molar-refractivity contribution in [2.24, 2.45) is 0 Å². The highest BCUT2D eigenvalue weighted by Gasteiger charge is 2.10. The van der Waals surface area contributed by atoms with Crippen molar-refractivity contribution in [2.75, 3.05) is 25.5 Å². The van der Waals surface area contributed by atoms with E-state index < -0.39 is 0 Å². The molecule has 0 saturated heterocycles. The molecule has 2 N–H and O–H groups in total. The molecule has 2 amide bonds. The van der Waals surface area contributed by atoms with E-state index in [1.54, 1.807) is 7.05 Å². The van der Waals surface area contributed by atoms with Crippen LogP contribution in [0.25, 0.3) is 10.2 Å². The van der Waals surface area contributed by atoms with Gasteiger partial charge < -0.3 is 10.0 Å². The third-order valence-electron chi connectivity index (χ3n) is 2.29. The van der Waals surface area contributed by atoms with Gasteiger partial charge in [0.25, 0.3) is 0 Å². The van der Waals surface area contributed by atoms with Crippen LogP contribution in [-0.4, -0.2) is 41.2 Å². The first-order valence-corrected chi connectivity index (χ1v) is 6.01. The molecule has 0 aliphatic carbocycles. The standard InChI is InChI=1S/C11H13N3O2S/c1-14(6-7-15)11(16)13-10-12-8-4-2-3-5-9(8)17-10/h2-5,15H,6-7H2,1H3,(H,12,13,16). The van der Waals surface area contributed by atoms with Crippen molar-refractivity contribution in [1.29, 1.82) is 0 Å². The average Bonchev–Trinajstić information content (AvgIpc) is 2.71. The van der Waals surface area contributed by atoms with Crippen LogP contribution >= 0.6 is 11.3 Å². The molecule has 0 fully saturated rings. The Morgan fingerprint density at radius 3 is 3.00 bits per heavy atom. The van der Waals surface area contributed by atoms with E-state index in [2.05, 4.69) is 10.3 Å². The number of aliphatic hydroxyl groups is 1. The van der Waals surface area contributed by atoms with E-state index in [-0.39, 0.29) is 12.6 Å². The van der Waals surface area contributed by atoms with Crippen molar-refractivity contribution in [1.82, 2.24) is 9.88 Å². The number of aliphatic hydroxyl groups excluding tert-OH is 1. The number of para-hydroxylation sites is 1. The number of rotatable bonds is 3. The van der Waals surface area contributed by atoms with Gasteiger partial charge in [-0.05, 0) is 12.1 Å². The van der Waals surface area contributed by atoms with E-state index in [9.17, 15) is 4.79 Å². The van der Waals surface area contributed by atoms with E-state index in [1.807, 2.05) is 24.3 Å². The van der Waals surface area contributed by atoms with Crippen LogP contribution in [-0.2, 0) is 0 Å². The minimum absolute atomic E-state index is 0.0518. The summed E-state index contributed by atoms with van der Waals surface area (Å²) in [5, 5.41) is 12.0. The van der Waals surface area contributed by atoms with Crippen LogP contribution in [0.5, 0.6) is 0 Å². The average molecular weight is 251 g/mol. The Morgan fingerprint density at radius 1 is 1.53 bits per heavy atom. The van der Waals surface area contributed by atoms with E-state index >= 15 is 0 Å². The Kier molecular flexibility index (Phi) is 3.55. The van der Waals surface area contributed by atoms with Crippen molar-refractivity contribution in [3.8, 4) is 0 Å². The molecule has 0 atom stereocenters. The van der Waals surface area contributed by atoms with Gasteiger partial charge in [-0.1, -0.05) is 23.5 Å². The monoisotopic (exact) mass is 251 g/mol. The summed E-state index contributed by atoms with van der Waals surface area (Å²) in [7, 11) is 1.62. The number of carbonyl (C=O) groups is 1. The lowest BCUT2D eigenvalue weighted by Gasteiger charge is -2.14. The van der Waals surface area contributed by atoms with Crippen molar-refractivity contribution in [2.45, 2.75) is 0 Å². The summed E-state index contributed by atoms with van der Waals surface area (Å²) >= 11 is 1.43. The van der Waals surface area contributed by atoms with E-state index in [0.717, 1.165) is 10.2 Å². The Morgan fingerprint density at radius 2 is 2.29 bits per heavy atom. The number of nitrogens with one attached hydrogen (secondary N) is 1. The smallest absolute Gasteiger partial charge is 0.323 e. The summed E-state index contributed by atoms with van der Waals surface area (Å²) in [6.07, 6.45) is 0. The first kappa shape index (κ1) is 11.8. The number of urea groups is 1. The first-order valence-electron chi connectivity index (χ1n) is 5.19. The number of carbonyl (C=O) groups excluding carboxylic acids is 1. The fourth-order valence-electron chi connectivity index (χ4n) is 1.36. The third-order valence-corrected chi connectivity index (χ3v) is 3.24. The maximum Gasteiger partial charge on any atom is 0.323 e. The summed E-state index contributed by atoms with van der Waals surface area (Å²) in [6.45, 7) is 0.250. The maximum absolute atomic E-state index is 11.6. The normalized spacial score (nSPS) is 10.5. The van der Waals surface area contributed by atoms with Crippen molar-refractivity contribution < 1.29 is 9.90 Å². The zero-order valence-electron chi connectivity index (χ0n) is 9.38. The van der Waals surface area contributed by atoms with Gasteiger partial charge in [0.2, 0.25) is 0 Å². The number of aromatic nitrogens is 1. The Labute approximate surface area is 103 Å². The topological polar surface area (TPSA) is 65.5 Å². The second-order valence-corrected chi connectivity index (χ2v) is 4.59. The Bertz CT molecular complexity index is 493. The molecule has 0 unspecified atom stereocenters. The van der Waals surface area contributed by atoms with Crippen LogP contribution in [0.4, 0.5) is 9.93 Å². The number of anilines is 1. The van der Waals surface area contributed by atoms with Crippen LogP contribution < -0.4 is 5.32 Å². The molecule has 0 saturated carbocycles. The van der Waals surface area contributed by atoms with Gasteiger partial charge in [-0.3, -0.25) is 5.32 Å². The molecule has 0 radical (unpaired) electrons. The minimum Gasteiger partial charge on any atom is -0.395 e. The quantitative estimate of drug-likeness (QED) is 0.873. The molecule has 0 bridgehead atoms. The molecule has 1 aromatic heterocycles. The van der Waals surface area contributed by atoms with Crippen molar-refractivity contribution in [3.63, 3.8) is 0 Å². The Balaban J connectivity index is 2.10. The van der Waals surface area contributed by atoms with Gasteiger partial charge >= 0.3 is 6.03 Å². The number of likely N-dealkylation sites (N-methyl/N-ethyl adjacent to an activating group) is 1. The fraction of sp³-hybridized carbons (Fsp3) is 0.273. The van der Waals surface area contributed by atoms with Crippen molar-refractivity contribution >= 4 is 32.7 Å². The van der Waals surface area contributed by atoms with Crippen LogP contribution in [0.15, 0.2) is 24.3 Å². The number of thiazole rings is 1. The van der Waals surface area contributed by atoms with Gasteiger partial charge in [0.15, 0.2) is 5.13 Å². The van der Waals surface area contributed by atoms with E-state index in [0.29, 0.717) is 11.7 Å². The molecule has 2 aromatic rings. The summed E-state index contributed by atoms with van der Waals surface area (Å²) in [6, 6.07) is 7.44. The van der Waals surface area contributed by atoms with Crippen molar-refractivity contribution in [3.05, 3.63) is 24.3 Å². The molecule has 2 rings (SSSR count). The lowest BCUT2D eigenvalue weighted by Crippen LogP contribution is -2.33. The highest BCUT2D eigenvalue weighted by atomic mass is 32.1. The minimum atomic E-state index is -0.266.